The molecule has 5 rings (SSSR count). The van der Waals surface area contributed by atoms with Gasteiger partial charge in [0.2, 0.25) is 0 Å². The Labute approximate surface area is 200 Å². The van der Waals surface area contributed by atoms with Crippen LogP contribution in [0.4, 0.5) is 0 Å². The molecule has 4 heteroatoms. The van der Waals surface area contributed by atoms with Crippen LogP contribution in [0, 0.1) is 13.8 Å². The summed E-state index contributed by atoms with van der Waals surface area (Å²) in [7, 11) is 0. The highest BCUT2D eigenvalue weighted by atomic mass is 16.3. The summed E-state index contributed by atoms with van der Waals surface area (Å²) in [6.07, 6.45) is 1.19. The standard InChI is InChI=1S/C30H30N2O2/c1-21-16-22(2)29-27(17-21)28(23-10-5-3-6-11-23)30(24-12-7-4-8-13-24)32(29)20-25(33)18-31-19-26-14-9-15-34-26/h3-17,25,31,33H,18-20H2,1-2H3/p+1/t25-/m0/s1. The number of hydrogen-bond donors (Lipinski definition) is 2. The largest absolute Gasteiger partial charge is 0.463 e. The number of nitrogens with zero attached hydrogens (tertiary/aromatic N) is 1. The maximum Gasteiger partial charge on any atom is 0.157 e. The average molecular weight is 452 g/mol. The van der Waals surface area contributed by atoms with Gasteiger partial charge in [0.25, 0.3) is 0 Å². The van der Waals surface area contributed by atoms with Gasteiger partial charge in [0.15, 0.2) is 5.76 Å². The second-order valence-corrected chi connectivity index (χ2v) is 9.01. The smallest absolute Gasteiger partial charge is 0.157 e. The molecule has 172 valence electrons. The Morgan fingerprint density at radius 1 is 0.882 bits per heavy atom. The molecule has 0 amide bonds. The molecule has 0 bridgehead atoms. The van der Waals surface area contributed by atoms with Crippen molar-refractivity contribution < 1.29 is 14.8 Å². The van der Waals surface area contributed by atoms with Gasteiger partial charge in [0, 0.05) is 10.9 Å². The van der Waals surface area contributed by atoms with Crippen LogP contribution < -0.4 is 5.32 Å². The summed E-state index contributed by atoms with van der Waals surface area (Å²) in [5.74, 6) is 0.918. The highest BCUT2D eigenvalue weighted by molar-refractivity contribution is 6.06. The first-order chi connectivity index (χ1) is 16.6. The number of benzene rings is 3. The molecule has 5 aromatic rings. The third kappa shape index (κ3) is 4.43. The van der Waals surface area contributed by atoms with Gasteiger partial charge in [-0.25, -0.2) is 0 Å². The van der Waals surface area contributed by atoms with Crippen molar-refractivity contribution in [3.8, 4) is 22.4 Å². The molecule has 2 aromatic heterocycles. The van der Waals surface area contributed by atoms with E-state index >= 15 is 0 Å². The van der Waals surface area contributed by atoms with E-state index in [0.29, 0.717) is 13.1 Å². The van der Waals surface area contributed by atoms with Crippen molar-refractivity contribution in [2.24, 2.45) is 0 Å². The lowest BCUT2D eigenvalue weighted by atomic mass is 9.97. The van der Waals surface area contributed by atoms with Gasteiger partial charge in [0.1, 0.15) is 19.2 Å². The molecule has 0 aliphatic rings. The Bertz CT molecular complexity index is 1370. The zero-order valence-electron chi connectivity index (χ0n) is 19.7. The van der Waals surface area contributed by atoms with Gasteiger partial charge in [-0.2, -0.15) is 0 Å². The fraction of sp³-hybridized carbons (Fsp3) is 0.200. The van der Waals surface area contributed by atoms with Crippen LogP contribution in [0.25, 0.3) is 33.3 Å². The number of nitrogens with two attached hydrogens (primary N) is 1. The zero-order valence-corrected chi connectivity index (χ0v) is 19.7. The zero-order chi connectivity index (χ0) is 23.5. The second-order valence-electron chi connectivity index (χ2n) is 9.01. The maximum atomic E-state index is 11.1. The third-order valence-corrected chi connectivity index (χ3v) is 6.36. The van der Waals surface area contributed by atoms with Crippen LogP contribution in [0.5, 0.6) is 0 Å². The summed E-state index contributed by atoms with van der Waals surface area (Å²) < 4.78 is 7.76. The molecule has 0 fully saturated rings. The molecule has 0 saturated carbocycles. The van der Waals surface area contributed by atoms with Crippen molar-refractivity contribution >= 4 is 10.9 Å². The van der Waals surface area contributed by atoms with Crippen LogP contribution in [-0.2, 0) is 13.1 Å². The van der Waals surface area contributed by atoms with E-state index in [4.69, 9.17) is 4.42 Å². The van der Waals surface area contributed by atoms with Gasteiger partial charge in [-0.1, -0.05) is 72.3 Å². The van der Waals surface area contributed by atoms with Crippen molar-refractivity contribution in [1.82, 2.24) is 4.57 Å². The molecule has 0 aliphatic carbocycles. The number of furan rings is 1. The number of hydrogen-bond acceptors (Lipinski definition) is 2. The van der Waals surface area contributed by atoms with Gasteiger partial charge in [-0.3, -0.25) is 0 Å². The summed E-state index contributed by atoms with van der Waals surface area (Å²) in [6, 6.07) is 29.5. The fourth-order valence-electron chi connectivity index (χ4n) is 4.99. The fourth-order valence-corrected chi connectivity index (χ4v) is 4.99. The van der Waals surface area contributed by atoms with E-state index in [1.807, 2.05) is 18.2 Å². The van der Waals surface area contributed by atoms with Gasteiger partial charge in [0.05, 0.1) is 24.0 Å². The molecule has 4 nitrogen and oxygen atoms in total. The number of aliphatic hydroxyl groups is 1. The van der Waals surface area contributed by atoms with Gasteiger partial charge < -0.3 is 19.4 Å². The minimum atomic E-state index is -0.502. The Morgan fingerprint density at radius 3 is 2.26 bits per heavy atom. The maximum absolute atomic E-state index is 11.1. The summed E-state index contributed by atoms with van der Waals surface area (Å²) in [5, 5.41) is 14.4. The first kappa shape index (κ1) is 22.2. The Hall–Kier alpha value is -3.60. The number of aromatic nitrogens is 1. The Balaban J connectivity index is 1.62. The summed E-state index contributed by atoms with van der Waals surface area (Å²) in [4.78, 5) is 0. The molecule has 1 atom stereocenters. The van der Waals surface area contributed by atoms with Crippen LogP contribution >= 0.6 is 0 Å². The quantitative estimate of drug-likeness (QED) is 0.336. The van der Waals surface area contributed by atoms with Crippen molar-refractivity contribution in [1.29, 1.82) is 0 Å². The minimum absolute atomic E-state index is 0.502. The SMILES string of the molecule is Cc1cc(C)c2c(c1)c(-c1ccccc1)c(-c1ccccc1)n2C[C@@H](O)C[NH2+]Cc1ccco1. The predicted molar refractivity (Wildman–Crippen MR) is 137 cm³/mol. The van der Waals surface area contributed by atoms with E-state index in [2.05, 4.69) is 90.5 Å². The predicted octanol–water partition coefficient (Wildman–Crippen LogP) is 5.31. The summed E-state index contributed by atoms with van der Waals surface area (Å²) in [5.41, 5.74) is 8.37. The van der Waals surface area contributed by atoms with E-state index in [1.54, 1.807) is 6.26 Å². The monoisotopic (exact) mass is 451 g/mol. The highest BCUT2D eigenvalue weighted by Crippen LogP contribution is 2.42. The first-order valence-corrected chi connectivity index (χ1v) is 11.9. The topological polar surface area (TPSA) is 54.9 Å². The average Bonchev–Trinajstić information content (AvgIpc) is 3.46. The molecular formula is C30H31N2O2+. The number of aliphatic hydroxyl groups excluding tert-OH is 1. The van der Waals surface area contributed by atoms with E-state index in [1.165, 1.54) is 33.2 Å². The van der Waals surface area contributed by atoms with Crippen molar-refractivity contribution in [2.45, 2.75) is 33.0 Å². The number of aryl methyl sites for hydroxylation is 2. The highest BCUT2D eigenvalue weighted by Gasteiger charge is 2.23. The van der Waals surface area contributed by atoms with Crippen LogP contribution in [0.15, 0.2) is 95.6 Å². The second kappa shape index (κ2) is 9.72. The number of fused-ring (bicyclic) bond motifs is 1. The van der Waals surface area contributed by atoms with Crippen molar-refractivity contribution in [3.05, 3.63) is 108 Å². The van der Waals surface area contributed by atoms with Gasteiger partial charge in [-0.15, -0.1) is 0 Å². The van der Waals surface area contributed by atoms with Crippen LogP contribution in [0.1, 0.15) is 16.9 Å². The minimum Gasteiger partial charge on any atom is -0.463 e. The normalized spacial score (nSPS) is 12.3. The molecular weight excluding hydrogens is 420 g/mol. The van der Waals surface area contributed by atoms with Gasteiger partial charge in [-0.05, 0) is 48.7 Å². The van der Waals surface area contributed by atoms with Crippen molar-refractivity contribution in [3.63, 3.8) is 0 Å². The van der Waals surface area contributed by atoms with Crippen LogP contribution in [0.2, 0.25) is 0 Å². The molecule has 0 saturated heterocycles. The molecule has 0 spiro atoms. The Kier molecular flexibility index (Phi) is 6.35. The van der Waals surface area contributed by atoms with E-state index in [9.17, 15) is 5.11 Å². The molecule has 34 heavy (non-hydrogen) atoms. The third-order valence-electron chi connectivity index (χ3n) is 6.36. The van der Waals surface area contributed by atoms with E-state index in [0.717, 1.165) is 23.6 Å². The number of quaternary nitrogens is 1. The lowest BCUT2D eigenvalue weighted by Crippen LogP contribution is -2.85. The van der Waals surface area contributed by atoms with Crippen LogP contribution in [-0.4, -0.2) is 22.3 Å². The van der Waals surface area contributed by atoms with E-state index in [-0.39, 0.29) is 0 Å². The van der Waals surface area contributed by atoms with Crippen molar-refractivity contribution in [2.75, 3.05) is 6.54 Å². The molecule has 0 radical (unpaired) electrons. The lowest BCUT2D eigenvalue weighted by Gasteiger charge is -2.17. The summed E-state index contributed by atoms with van der Waals surface area (Å²) in [6.45, 7) is 6.16. The molecule has 2 heterocycles. The lowest BCUT2D eigenvalue weighted by molar-refractivity contribution is -0.678. The van der Waals surface area contributed by atoms with E-state index < -0.39 is 6.10 Å². The van der Waals surface area contributed by atoms with Gasteiger partial charge >= 0.3 is 0 Å². The van der Waals surface area contributed by atoms with Crippen LogP contribution in [0.3, 0.4) is 0 Å². The molecule has 3 N–H and O–H groups in total. The summed E-state index contributed by atoms with van der Waals surface area (Å²) >= 11 is 0. The molecule has 0 unspecified atom stereocenters. The molecule has 3 aromatic carbocycles. The Morgan fingerprint density at radius 2 is 1.59 bits per heavy atom. The molecule has 0 aliphatic heterocycles. The number of rotatable bonds is 8. The first-order valence-electron chi connectivity index (χ1n) is 11.9.